The molecule has 0 aromatic heterocycles. The van der Waals surface area contributed by atoms with Crippen molar-refractivity contribution in [3.05, 3.63) is 29.1 Å². The normalized spacial score (nSPS) is 19.4. The number of methoxy groups -OCH3 is 1. The maximum atomic E-state index is 14.6. The second kappa shape index (κ2) is 8.60. The molecule has 25 heavy (non-hydrogen) atoms. The highest BCUT2D eigenvalue weighted by atomic mass is 35.5. The summed E-state index contributed by atoms with van der Waals surface area (Å²) >= 11 is 0. The number of halogens is 2. The van der Waals surface area contributed by atoms with Gasteiger partial charge in [-0.2, -0.15) is 0 Å². The lowest BCUT2D eigenvalue weighted by atomic mass is 9.99. The zero-order valence-corrected chi connectivity index (χ0v) is 15.0. The van der Waals surface area contributed by atoms with Gasteiger partial charge in [0.1, 0.15) is 5.82 Å². The summed E-state index contributed by atoms with van der Waals surface area (Å²) in [7, 11) is 1.57. The number of nitrogens with zero attached hydrogens (tertiary/aromatic N) is 1. The number of ether oxygens (including phenoxy) is 1. The fraction of sp³-hybridized carbons (Fsp3) is 0.529. The standard InChI is InChI=1S/C17H22FN3O3.ClH/c1-24-7-6-21-10-12(8-15(21)22)17(23)20-14-3-2-11-9-19-5-4-13(11)16(14)18;/h2-3,12,19H,4-10H2,1H3,(H,20,23);1H. The zero-order chi connectivity index (χ0) is 17.1. The second-order valence-corrected chi connectivity index (χ2v) is 6.21. The third-order valence-electron chi connectivity index (χ3n) is 4.62. The van der Waals surface area contributed by atoms with Gasteiger partial charge in [-0.05, 0) is 30.2 Å². The SMILES string of the molecule is COCCN1CC(C(=O)Nc2ccc3c(c2F)CCNC3)CC1=O.Cl. The molecule has 0 spiro atoms. The van der Waals surface area contributed by atoms with Gasteiger partial charge in [0.25, 0.3) is 0 Å². The van der Waals surface area contributed by atoms with Gasteiger partial charge in [-0.3, -0.25) is 9.59 Å². The summed E-state index contributed by atoms with van der Waals surface area (Å²) in [6.45, 7) is 2.64. The molecule has 2 aliphatic rings. The van der Waals surface area contributed by atoms with E-state index in [0.29, 0.717) is 38.2 Å². The van der Waals surface area contributed by atoms with Crippen LogP contribution < -0.4 is 10.6 Å². The predicted octanol–water partition coefficient (Wildman–Crippen LogP) is 1.33. The smallest absolute Gasteiger partial charge is 0.229 e. The molecule has 8 heteroatoms. The molecule has 2 N–H and O–H groups in total. The van der Waals surface area contributed by atoms with Gasteiger partial charge < -0.3 is 20.3 Å². The Morgan fingerprint density at radius 1 is 1.48 bits per heavy atom. The lowest BCUT2D eigenvalue weighted by molar-refractivity contribution is -0.128. The number of carbonyl (C=O) groups excluding carboxylic acids is 2. The van der Waals surface area contributed by atoms with Crippen molar-refractivity contribution in [3.8, 4) is 0 Å². The number of likely N-dealkylation sites (tertiary alicyclic amines) is 1. The molecule has 2 aliphatic heterocycles. The molecule has 0 aliphatic carbocycles. The summed E-state index contributed by atoms with van der Waals surface area (Å²) in [5, 5.41) is 5.85. The third kappa shape index (κ3) is 4.29. The maximum absolute atomic E-state index is 14.6. The van der Waals surface area contributed by atoms with E-state index < -0.39 is 5.92 Å². The first-order chi connectivity index (χ1) is 11.6. The zero-order valence-electron chi connectivity index (χ0n) is 14.1. The summed E-state index contributed by atoms with van der Waals surface area (Å²) in [6, 6.07) is 3.43. The van der Waals surface area contributed by atoms with Crippen molar-refractivity contribution in [2.24, 2.45) is 5.92 Å². The van der Waals surface area contributed by atoms with Gasteiger partial charge in [0.15, 0.2) is 0 Å². The number of hydrogen-bond acceptors (Lipinski definition) is 4. The minimum atomic E-state index is -0.452. The second-order valence-electron chi connectivity index (χ2n) is 6.21. The monoisotopic (exact) mass is 371 g/mol. The number of fused-ring (bicyclic) bond motifs is 1. The fourth-order valence-corrected chi connectivity index (χ4v) is 3.23. The topological polar surface area (TPSA) is 70.7 Å². The third-order valence-corrected chi connectivity index (χ3v) is 4.62. The first kappa shape index (κ1) is 19.6. The lowest BCUT2D eigenvalue weighted by Crippen LogP contribution is -2.31. The Bertz CT molecular complexity index is 656. The van der Waals surface area contributed by atoms with Crippen molar-refractivity contribution in [2.45, 2.75) is 19.4 Å². The molecule has 2 heterocycles. The van der Waals surface area contributed by atoms with E-state index >= 15 is 0 Å². The molecule has 138 valence electrons. The highest BCUT2D eigenvalue weighted by Gasteiger charge is 2.34. The quantitative estimate of drug-likeness (QED) is 0.819. The molecule has 1 unspecified atom stereocenters. The first-order valence-corrected chi connectivity index (χ1v) is 8.18. The molecule has 3 rings (SSSR count). The van der Waals surface area contributed by atoms with E-state index in [1.54, 1.807) is 18.1 Å². The molecule has 1 aromatic rings. The highest BCUT2D eigenvalue weighted by Crippen LogP contribution is 2.26. The average molecular weight is 372 g/mol. The Balaban J connectivity index is 0.00000225. The minimum Gasteiger partial charge on any atom is -0.383 e. The number of hydrogen-bond donors (Lipinski definition) is 2. The van der Waals surface area contributed by atoms with E-state index in [-0.39, 0.29) is 42.1 Å². The van der Waals surface area contributed by atoms with Crippen molar-refractivity contribution < 1.29 is 18.7 Å². The Morgan fingerprint density at radius 3 is 3.04 bits per heavy atom. The maximum Gasteiger partial charge on any atom is 0.229 e. The Kier molecular flexibility index (Phi) is 6.75. The highest BCUT2D eigenvalue weighted by molar-refractivity contribution is 5.97. The fourth-order valence-electron chi connectivity index (χ4n) is 3.23. The molecule has 1 aromatic carbocycles. The van der Waals surface area contributed by atoms with Crippen LogP contribution in [0, 0.1) is 11.7 Å². The van der Waals surface area contributed by atoms with Crippen molar-refractivity contribution >= 4 is 29.9 Å². The van der Waals surface area contributed by atoms with Gasteiger partial charge in [0.2, 0.25) is 11.8 Å². The van der Waals surface area contributed by atoms with Crippen LogP contribution in [0.2, 0.25) is 0 Å². The van der Waals surface area contributed by atoms with Crippen LogP contribution in [0.25, 0.3) is 0 Å². The van der Waals surface area contributed by atoms with Crippen LogP contribution in [0.4, 0.5) is 10.1 Å². The van der Waals surface area contributed by atoms with Gasteiger partial charge in [-0.25, -0.2) is 4.39 Å². The molecule has 2 amide bonds. The van der Waals surface area contributed by atoms with Crippen molar-refractivity contribution in [2.75, 3.05) is 38.7 Å². The molecule has 0 saturated carbocycles. The van der Waals surface area contributed by atoms with E-state index in [1.165, 1.54) is 0 Å². The van der Waals surface area contributed by atoms with Crippen molar-refractivity contribution in [1.82, 2.24) is 10.2 Å². The molecular formula is C17H23ClFN3O3. The first-order valence-electron chi connectivity index (χ1n) is 8.18. The number of carbonyl (C=O) groups is 2. The Labute approximate surface area is 152 Å². The van der Waals surface area contributed by atoms with E-state index in [4.69, 9.17) is 4.74 Å². The molecule has 1 fully saturated rings. The van der Waals surface area contributed by atoms with Crippen LogP contribution in [-0.4, -0.2) is 50.1 Å². The van der Waals surface area contributed by atoms with Gasteiger partial charge in [-0.1, -0.05) is 6.07 Å². The predicted molar refractivity (Wildman–Crippen MR) is 94.3 cm³/mol. The Morgan fingerprint density at radius 2 is 2.28 bits per heavy atom. The molecule has 6 nitrogen and oxygen atoms in total. The summed E-state index contributed by atoms with van der Waals surface area (Å²) < 4.78 is 19.5. The molecule has 0 bridgehead atoms. The van der Waals surface area contributed by atoms with E-state index in [1.807, 2.05) is 6.07 Å². The van der Waals surface area contributed by atoms with E-state index in [2.05, 4.69) is 10.6 Å². The van der Waals surface area contributed by atoms with Crippen molar-refractivity contribution in [1.29, 1.82) is 0 Å². The van der Waals surface area contributed by atoms with Crippen molar-refractivity contribution in [3.63, 3.8) is 0 Å². The molecular weight excluding hydrogens is 349 g/mol. The van der Waals surface area contributed by atoms with Gasteiger partial charge >= 0.3 is 0 Å². The van der Waals surface area contributed by atoms with Crippen LogP contribution in [-0.2, 0) is 27.3 Å². The van der Waals surface area contributed by atoms with Crippen LogP contribution in [0.15, 0.2) is 12.1 Å². The number of nitrogens with one attached hydrogen (secondary N) is 2. The van der Waals surface area contributed by atoms with Crippen LogP contribution in [0.3, 0.4) is 0 Å². The van der Waals surface area contributed by atoms with Crippen LogP contribution in [0.5, 0.6) is 0 Å². The van der Waals surface area contributed by atoms with Crippen LogP contribution >= 0.6 is 12.4 Å². The van der Waals surface area contributed by atoms with E-state index in [0.717, 1.165) is 12.1 Å². The van der Waals surface area contributed by atoms with E-state index in [9.17, 15) is 14.0 Å². The average Bonchev–Trinajstić information content (AvgIpc) is 2.96. The summed E-state index contributed by atoms with van der Waals surface area (Å²) in [5.41, 5.74) is 1.79. The number of amides is 2. The lowest BCUT2D eigenvalue weighted by Gasteiger charge is -2.20. The van der Waals surface area contributed by atoms with Gasteiger partial charge in [0, 0.05) is 33.2 Å². The number of rotatable bonds is 5. The summed E-state index contributed by atoms with van der Waals surface area (Å²) in [4.78, 5) is 25.9. The summed E-state index contributed by atoms with van der Waals surface area (Å²) in [6.07, 6.45) is 0.767. The molecule has 1 saturated heterocycles. The summed E-state index contributed by atoms with van der Waals surface area (Å²) in [5.74, 6) is -1.19. The molecule has 0 radical (unpaired) electrons. The number of anilines is 1. The van der Waals surface area contributed by atoms with Crippen LogP contribution in [0.1, 0.15) is 17.5 Å². The number of benzene rings is 1. The Hall–Kier alpha value is -1.70. The van der Waals surface area contributed by atoms with Gasteiger partial charge in [0.05, 0.1) is 18.2 Å². The largest absolute Gasteiger partial charge is 0.383 e. The minimum absolute atomic E-state index is 0. The van der Waals surface area contributed by atoms with Gasteiger partial charge in [-0.15, -0.1) is 12.4 Å². The molecule has 1 atom stereocenters.